The van der Waals surface area contributed by atoms with Gasteiger partial charge < -0.3 is 20.8 Å². The van der Waals surface area contributed by atoms with Gasteiger partial charge in [0.05, 0.1) is 0 Å². The van der Waals surface area contributed by atoms with Crippen LogP contribution >= 0.6 is 0 Å². The average molecular weight is 273 g/mol. The van der Waals surface area contributed by atoms with Gasteiger partial charge in [-0.15, -0.1) is 0 Å². The van der Waals surface area contributed by atoms with Crippen LogP contribution in [-0.4, -0.2) is 39.8 Å². The molecule has 0 spiro atoms. The standard InChI is InChI=1S/C14H15N3O3/c15-14(13(19)20)4-6-17(8-14)12-11-7-10(18)2-1-9(11)3-5-16-12/h1-3,5,7,18H,4,6,8,15H2,(H,19,20). The van der Waals surface area contributed by atoms with Gasteiger partial charge in [0, 0.05) is 24.7 Å². The number of benzene rings is 1. The summed E-state index contributed by atoms with van der Waals surface area (Å²) in [5.74, 6) is -0.182. The van der Waals surface area contributed by atoms with Crippen molar-refractivity contribution in [1.29, 1.82) is 0 Å². The quantitative estimate of drug-likeness (QED) is 0.752. The number of nitrogens with two attached hydrogens (primary N) is 1. The van der Waals surface area contributed by atoms with Crippen LogP contribution in [0.1, 0.15) is 6.42 Å². The third-order valence-electron chi connectivity index (χ3n) is 3.75. The summed E-state index contributed by atoms with van der Waals surface area (Å²) in [7, 11) is 0. The molecule has 1 aliphatic heterocycles. The van der Waals surface area contributed by atoms with Crippen LogP contribution in [-0.2, 0) is 4.79 Å². The number of aromatic nitrogens is 1. The molecule has 0 saturated carbocycles. The first kappa shape index (κ1) is 12.7. The van der Waals surface area contributed by atoms with Crippen molar-refractivity contribution in [2.75, 3.05) is 18.0 Å². The summed E-state index contributed by atoms with van der Waals surface area (Å²) in [6.07, 6.45) is 2.05. The molecule has 1 aromatic heterocycles. The van der Waals surface area contributed by atoms with E-state index in [1.807, 2.05) is 11.0 Å². The number of fused-ring (bicyclic) bond motifs is 1. The zero-order chi connectivity index (χ0) is 14.3. The molecule has 0 bridgehead atoms. The fourth-order valence-corrected chi connectivity index (χ4v) is 2.58. The Bertz CT molecular complexity index is 688. The number of aliphatic carboxylic acids is 1. The second kappa shape index (κ2) is 4.35. The van der Waals surface area contributed by atoms with Gasteiger partial charge in [0.25, 0.3) is 0 Å². The first-order valence-electron chi connectivity index (χ1n) is 6.35. The fraction of sp³-hybridized carbons (Fsp3) is 0.286. The number of carboxylic acids is 1. The Balaban J connectivity index is 2.04. The van der Waals surface area contributed by atoms with Crippen molar-refractivity contribution >= 4 is 22.6 Å². The number of hydrogen-bond acceptors (Lipinski definition) is 5. The number of nitrogens with zero attached hydrogens (tertiary/aromatic N) is 2. The van der Waals surface area contributed by atoms with Crippen molar-refractivity contribution < 1.29 is 15.0 Å². The van der Waals surface area contributed by atoms with E-state index in [2.05, 4.69) is 4.98 Å². The number of rotatable bonds is 2. The van der Waals surface area contributed by atoms with E-state index in [-0.39, 0.29) is 12.3 Å². The largest absolute Gasteiger partial charge is 0.508 e. The Morgan fingerprint density at radius 2 is 2.20 bits per heavy atom. The fourth-order valence-electron chi connectivity index (χ4n) is 2.58. The molecule has 0 amide bonds. The van der Waals surface area contributed by atoms with E-state index < -0.39 is 11.5 Å². The second-order valence-corrected chi connectivity index (χ2v) is 5.17. The molecule has 104 valence electrons. The first-order chi connectivity index (χ1) is 9.49. The van der Waals surface area contributed by atoms with Crippen molar-refractivity contribution in [2.45, 2.75) is 12.0 Å². The molecule has 0 aliphatic carbocycles. The van der Waals surface area contributed by atoms with Crippen LogP contribution in [0, 0.1) is 0 Å². The molecule has 0 radical (unpaired) electrons. The molecule has 1 saturated heterocycles. The Morgan fingerprint density at radius 3 is 2.90 bits per heavy atom. The molecule has 20 heavy (non-hydrogen) atoms. The van der Waals surface area contributed by atoms with E-state index in [1.165, 1.54) is 0 Å². The van der Waals surface area contributed by atoms with Crippen LogP contribution in [0.2, 0.25) is 0 Å². The molecule has 1 fully saturated rings. The van der Waals surface area contributed by atoms with E-state index >= 15 is 0 Å². The predicted octanol–water partition coefficient (Wildman–Crippen LogP) is 0.933. The number of aromatic hydroxyl groups is 1. The zero-order valence-electron chi connectivity index (χ0n) is 10.8. The van der Waals surface area contributed by atoms with Crippen LogP contribution < -0.4 is 10.6 Å². The third-order valence-corrected chi connectivity index (χ3v) is 3.75. The third kappa shape index (κ3) is 1.94. The molecule has 2 heterocycles. The first-order valence-corrected chi connectivity index (χ1v) is 6.35. The molecule has 1 unspecified atom stereocenters. The summed E-state index contributed by atoms with van der Waals surface area (Å²) in [6.45, 7) is 0.745. The minimum Gasteiger partial charge on any atom is -0.508 e. The number of phenolic OH excluding ortho intramolecular Hbond substituents is 1. The predicted molar refractivity (Wildman–Crippen MR) is 74.8 cm³/mol. The van der Waals surface area contributed by atoms with Crippen LogP contribution in [0.3, 0.4) is 0 Å². The van der Waals surface area contributed by atoms with E-state index in [0.717, 1.165) is 10.8 Å². The maximum atomic E-state index is 11.2. The van der Waals surface area contributed by atoms with Crippen LogP contribution in [0.25, 0.3) is 10.8 Å². The van der Waals surface area contributed by atoms with Gasteiger partial charge in [-0.1, -0.05) is 6.07 Å². The van der Waals surface area contributed by atoms with Gasteiger partial charge in [-0.2, -0.15) is 0 Å². The van der Waals surface area contributed by atoms with Crippen LogP contribution in [0.4, 0.5) is 5.82 Å². The molecule has 6 heteroatoms. The summed E-state index contributed by atoms with van der Waals surface area (Å²) in [6, 6.07) is 6.90. The Labute approximate surface area is 115 Å². The lowest BCUT2D eigenvalue weighted by Crippen LogP contribution is -2.50. The molecule has 1 atom stereocenters. The summed E-state index contributed by atoms with van der Waals surface area (Å²) in [5, 5.41) is 20.5. The number of pyridine rings is 1. The molecule has 1 aromatic carbocycles. The van der Waals surface area contributed by atoms with Gasteiger partial charge in [-0.25, -0.2) is 4.98 Å². The maximum absolute atomic E-state index is 11.2. The summed E-state index contributed by atoms with van der Waals surface area (Å²) in [4.78, 5) is 17.4. The van der Waals surface area contributed by atoms with Crippen molar-refractivity contribution in [1.82, 2.24) is 4.98 Å². The highest BCUT2D eigenvalue weighted by molar-refractivity contribution is 5.93. The highest BCUT2D eigenvalue weighted by Gasteiger charge is 2.42. The lowest BCUT2D eigenvalue weighted by Gasteiger charge is -2.22. The lowest BCUT2D eigenvalue weighted by molar-refractivity contribution is -0.142. The normalized spacial score (nSPS) is 22.4. The minimum absolute atomic E-state index is 0.156. The number of carbonyl (C=O) groups is 1. The van der Waals surface area contributed by atoms with Crippen LogP contribution in [0.15, 0.2) is 30.5 Å². The molecular formula is C14H15N3O3. The molecule has 2 aromatic rings. The average Bonchev–Trinajstić information content (AvgIpc) is 2.82. The molecule has 4 N–H and O–H groups in total. The molecule has 1 aliphatic rings. The van der Waals surface area contributed by atoms with E-state index in [0.29, 0.717) is 18.8 Å². The molecule has 3 rings (SSSR count). The lowest BCUT2D eigenvalue weighted by atomic mass is 10.0. The highest BCUT2D eigenvalue weighted by atomic mass is 16.4. The maximum Gasteiger partial charge on any atom is 0.325 e. The van der Waals surface area contributed by atoms with Crippen molar-refractivity contribution in [2.24, 2.45) is 5.73 Å². The monoisotopic (exact) mass is 273 g/mol. The van der Waals surface area contributed by atoms with E-state index in [9.17, 15) is 15.0 Å². The van der Waals surface area contributed by atoms with Crippen LogP contribution in [0.5, 0.6) is 5.75 Å². The van der Waals surface area contributed by atoms with Crippen molar-refractivity contribution in [3.63, 3.8) is 0 Å². The van der Waals surface area contributed by atoms with E-state index in [4.69, 9.17) is 5.73 Å². The van der Waals surface area contributed by atoms with Gasteiger partial charge in [0.2, 0.25) is 0 Å². The topological polar surface area (TPSA) is 99.7 Å². The number of carboxylic acid groups (broad SMARTS) is 1. The van der Waals surface area contributed by atoms with Gasteiger partial charge >= 0.3 is 5.97 Å². The second-order valence-electron chi connectivity index (χ2n) is 5.17. The number of phenols is 1. The smallest absolute Gasteiger partial charge is 0.325 e. The Morgan fingerprint density at radius 1 is 1.40 bits per heavy atom. The van der Waals surface area contributed by atoms with E-state index in [1.54, 1.807) is 24.4 Å². The minimum atomic E-state index is -1.24. The van der Waals surface area contributed by atoms with Crippen molar-refractivity contribution in [3.8, 4) is 5.75 Å². The summed E-state index contributed by atoms with van der Waals surface area (Å²) < 4.78 is 0. The zero-order valence-corrected chi connectivity index (χ0v) is 10.8. The highest BCUT2D eigenvalue weighted by Crippen LogP contribution is 2.31. The SMILES string of the molecule is NC1(C(=O)O)CCN(c2nccc3ccc(O)cc23)C1. The van der Waals surface area contributed by atoms with Gasteiger partial charge in [0.1, 0.15) is 17.1 Å². The van der Waals surface area contributed by atoms with Gasteiger partial charge in [-0.3, -0.25) is 4.79 Å². The van der Waals surface area contributed by atoms with Gasteiger partial charge in [0.15, 0.2) is 0 Å². The Hall–Kier alpha value is -2.34. The van der Waals surface area contributed by atoms with Gasteiger partial charge in [-0.05, 0) is 30.0 Å². The summed E-state index contributed by atoms with van der Waals surface area (Å²) >= 11 is 0. The van der Waals surface area contributed by atoms with Crippen molar-refractivity contribution in [3.05, 3.63) is 30.5 Å². The molecular weight excluding hydrogens is 258 g/mol. The molecule has 6 nitrogen and oxygen atoms in total. The Kier molecular flexibility index (Phi) is 2.76. The number of hydrogen-bond donors (Lipinski definition) is 3. The summed E-state index contributed by atoms with van der Waals surface area (Å²) in [5.41, 5.74) is 4.65. The number of anilines is 1.